The molecule has 1 aromatic heterocycles. The second-order valence-electron chi connectivity index (χ2n) is 6.31. The van der Waals surface area contributed by atoms with Crippen molar-refractivity contribution in [1.82, 2.24) is 10.3 Å². The zero-order valence-electron chi connectivity index (χ0n) is 16.7. The van der Waals surface area contributed by atoms with E-state index in [1.54, 1.807) is 6.20 Å². The molecule has 0 aliphatic carbocycles. The van der Waals surface area contributed by atoms with Gasteiger partial charge in [-0.3, -0.25) is 9.59 Å². The van der Waals surface area contributed by atoms with Crippen LogP contribution < -0.4 is 11.1 Å². The summed E-state index contributed by atoms with van der Waals surface area (Å²) in [5, 5.41) is 12.5. The molecule has 0 radical (unpaired) electrons. The summed E-state index contributed by atoms with van der Waals surface area (Å²) in [6.07, 6.45) is 7.53. The number of carboxylic acids is 1. The number of carbonyl (C=O) groups excluding carboxylic acids is 1. The number of carbonyl (C=O) groups is 2. The molecule has 1 aromatic rings. The molecule has 0 fully saturated rings. The summed E-state index contributed by atoms with van der Waals surface area (Å²) in [7, 11) is 0. The molecule has 1 heterocycles. The normalized spacial score (nSPS) is 12.0. The third-order valence-electron chi connectivity index (χ3n) is 4.42. The maximum absolute atomic E-state index is 10.8. The molecule has 0 unspecified atom stereocenters. The number of hydrogen-bond donors (Lipinski definition) is 3. The van der Waals surface area contributed by atoms with E-state index < -0.39 is 11.9 Å². The summed E-state index contributed by atoms with van der Waals surface area (Å²) in [5.74, 6) is -0.637. The average molecular weight is 386 g/mol. The first-order valence-corrected chi connectivity index (χ1v) is 10.4. The van der Waals surface area contributed by atoms with E-state index in [2.05, 4.69) is 38.0 Å². The predicted octanol–water partition coefficient (Wildman–Crippen LogP) is 4.16. The van der Waals surface area contributed by atoms with Gasteiger partial charge in [-0.2, -0.15) is 0 Å². The van der Waals surface area contributed by atoms with Gasteiger partial charge in [0.05, 0.1) is 0 Å². The van der Waals surface area contributed by atoms with Crippen LogP contribution in [0.1, 0.15) is 93.7 Å². The SMILES string of the molecule is CCC(CC)c1cnc(C(N)=O)s1.CCC[C@H](NC(CC)CC)C(=O)O. The van der Waals surface area contributed by atoms with E-state index in [0.717, 1.165) is 32.1 Å². The molecule has 6 nitrogen and oxygen atoms in total. The van der Waals surface area contributed by atoms with Crippen LogP contribution in [0, 0.1) is 0 Å². The first-order valence-electron chi connectivity index (χ1n) is 9.58. The molecule has 1 amide bonds. The van der Waals surface area contributed by atoms with Crippen LogP contribution in [0.3, 0.4) is 0 Å². The van der Waals surface area contributed by atoms with E-state index in [1.807, 2.05) is 6.92 Å². The molecular formula is C19H35N3O3S. The fourth-order valence-electron chi connectivity index (χ4n) is 2.66. The van der Waals surface area contributed by atoms with Crippen LogP contribution in [0.25, 0.3) is 0 Å². The number of nitrogens with one attached hydrogen (secondary N) is 1. The monoisotopic (exact) mass is 385 g/mol. The molecule has 0 aromatic carbocycles. The minimum absolute atomic E-state index is 0.340. The summed E-state index contributed by atoms with van der Waals surface area (Å²) in [6, 6.07) is -0.0254. The first-order chi connectivity index (χ1) is 12.3. The quantitative estimate of drug-likeness (QED) is 0.530. The van der Waals surface area contributed by atoms with Gasteiger partial charge in [-0.05, 0) is 38.0 Å². The number of nitrogens with two attached hydrogens (primary N) is 1. The highest BCUT2D eigenvalue weighted by Crippen LogP contribution is 2.27. The van der Waals surface area contributed by atoms with Crippen molar-refractivity contribution in [3.63, 3.8) is 0 Å². The third kappa shape index (κ3) is 8.76. The van der Waals surface area contributed by atoms with Gasteiger partial charge < -0.3 is 16.2 Å². The van der Waals surface area contributed by atoms with Crippen molar-refractivity contribution < 1.29 is 14.7 Å². The Morgan fingerprint density at radius 2 is 1.73 bits per heavy atom. The topological polar surface area (TPSA) is 105 Å². The van der Waals surface area contributed by atoms with Crippen molar-refractivity contribution in [3.8, 4) is 0 Å². The van der Waals surface area contributed by atoms with Gasteiger partial charge in [-0.15, -0.1) is 11.3 Å². The average Bonchev–Trinajstić information content (AvgIpc) is 3.10. The number of hydrogen-bond acceptors (Lipinski definition) is 5. The van der Waals surface area contributed by atoms with Crippen molar-refractivity contribution in [1.29, 1.82) is 0 Å². The highest BCUT2D eigenvalue weighted by atomic mass is 32.1. The minimum Gasteiger partial charge on any atom is -0.480 e. The Morgan fingerprint density at radius 3 is 2.08 bits per heavy atom. The van der Waals surface area contributed by atoms with Crippen LogP contribution in [0.15, 0.2) is 6.20 Å². The lowest BCUT2D eigenvalue weighted by molar-refractivity contribution is -0.139. The van der Waals surface area contributed by atoms with E-state index >= 15 is 0 Å². The summed E-state index contributed by atoms with van der Waals surface area (Å²) >= 11 is 1.41. The van der Waals surface area contributed by atoms with Crippen molar-refractivity contribution in [2.75, 3.05) is 0 Å². The number of aromatic nitrogens is 1. The summed E-state index contributed by atoms with van der Waals surface area (Å²) in [4.78, 5) is 26.7. The fourth-order valence-corrected chi connectivity index (χ4v) is 3.69. The number of thiazole rings is 1. The lowest BCUT2D eigenvalue weighted by atomic mass is 10.0. The van der Waals surface area contributed by atoms with Gasteiger partial charge in [0, 0.05) is 17.1 Å². The summed E-state index contributed by atoms with van der Waals surface area (Å²) in [5.41, 5.74) is 5.12. The molecule has 4 N–H and O–H groups in total. The van der Waals surface area contributed by atoms with Crippen LogP contribution in [-0.2, 0) is 4.79 Å². The number of nitrogens with zero attached hydrogens (tertiary/aromatic N) is 1. The molecule has 0 bridgehead atoms. The second kappa shape index (κ2) is 13.7. The highest BCUT2D eigenvalue weighted by Gasteiger charge is 2.18. The summed E-state index contributed by atoms with van der Waals surface area (Å²) < 4.78 is 0. The number of aliphatic carboxylic acids is 1. The van der Waals surface area contributed by atoms with Crippen LogP contribution in [-0.4, -0.2) is 34.1 Å². The number of carboxylic acid groups (broad SMARTS) is 1. The standard InChI is InChI=1S/C10H21NO2.C9H14N2OS/c1-4-7-9(10(12)13)11-8(5-2)6-3;1-3-6(4-2)7-5-11-9(13-7)8(10)12/h8-9,11H,4-7H2,1-3H3,(H,12,13);5-6H,3-4H2,1-2H3,(H2,10,12)/t9-;/m0./s1. The Balaban J connectivity index is 0.000000481. The second-order valence-corrected chi connectivity index (χ2v) is 7.37. The van der Waals surface area contributed by atoms with Gasteiger partial charge in [0.2, 0.25) is 0 Å². The zero-order chi connectivity index (χ0) is 20.1. The predicted molar refractivity (Wildman–Crippen MR) is 108 cm³/mol. The van der Waals surface area contributed by atoms with Gasteiger partial charge in [-0.25, -0.2) is 4.98 Å². The van der Waals surface area contributed by atoms with E-state index in [0.29, 0.717) is 23.4 Å². The maximum Gasteiger partial charge on any atom is 0.320 e. The van der Waals surface area contributed by atoms with Crippen LogP contribution in [0.4, 0.5) is 0 Å². The molecule has 0 saturated carbocycles. The summed E-state index contributed by atoms with van der Waals surface area (Å²) in [6.45, 7) is 10.4. The molecule has 150 valence electrons. The van der Waals surface area contributed by atoms with E-state index in [-0.39, 0.29) is 6.04 Å². The smallest absolute Gasteiger partial charge is 0.320 e. The fraction of sp³-hybridized carbons (Fsp3) is 0.737. The largest absolute Gasteiger partial charge is 0.480 e. The van der Waals surface area contributed by atoms with Crippen molar-refractivity contribution in [2.24, 2.45) is 5.73 Å². The molecular weight excluding hydrogens is 350 g/mol. The van der Waals surface area contributed by atoms with Gasteiger partial charge in [0.1, 0.15) is 6.04 Å². The zero-order valence-corrected chi connectivity index (χ0v) is 17.6. The van der Waals surface area contributed by atoms with E-state index in [1.165, 1.54) is 16.2 Å². The molecule has 26 heavy (non-hydrogen) atoms. The highest BCUT2D eigenvalue weighted by molar-refractivity contribution is 7.13. The molecule has 1 atom stereocenters. The van der Waals surface area contributed by atoms with Gasteiger partial charge >= 0.3 is 5.97 Å². The van der Waals surface area contributed by atoms with Crippen LogP contribution in [0.2, 0.25) is 0 Å². The molecule has 0 spiro atoms. The lowest BCUT2D eigenvalue weighted by Gasteiger charge is -2.20. The number of amides is 1. The van der Waals surface area contributed by atoms with Gasteiger partial charge in [0.25, 0.3) is 5.91 Å². The molecule has 1 rings (SSSR count). The van der Waals surface area contributed by atoms with Crippen molar-refractivity contribution in [2.45, 2.75) is 91.1 Å². The number of primary amides is 1. The van der Waals surface area contributed by atoms with Gasteiger partial charge in [-0.1, -0.05) is 41.0 Å². The Hall–Kier alpha value is -1.47. The third-order valence-corrected chi connectivity index (χ3v) is 5.59. The van der Waals surface area contributed by atoms with Crippen molar-refractivity contribution >= 4 is 23.2 Å². The Kier molecular flexibility index (Phi) is 12.9. The first kappa shape index (κ1) is 24.5. The Bertz CT molecular complexity index is 526. The maximum atomic E-state index is 10.8. The molecule has 0 aliphatic rings. The van der Waals surface area contributed by atoms with E-state index in [4.69, 9.17) is 10.8 Å². The van der Waals surface area contributed by atoms with Crippen LogP contribution >= 0.6 is 11.3 Å². The molecule has 7 heteroatoms. The van der Waals surface area contributed by atoms with Crippen molar-refractivity contribution in [3.05, 3.63) is 16.1 Å². The Morgan fingerprint density at radius 1 is 1.15 bits per heavy atom. The van der Waals surface area contributed by atoms with E-state index in [9.17, 15) is 9.59 Å². The van der Waals surface area contributed by atoms with Gasteiger partial charge in [0.15, 0.2) is 5.01 Å². The lowest BCUT2D eigenvalue weighted by Crippen LogP contribution is -2.42. The molecule has 0 aliphatic heterocycles. The molecule has 0 saturated heterocycles. The minimum atomic E-state index is -0.728. The Labute approximate surface area is 161 Å². The van der Waals surface area contributed by atoms with Crippen LogP contribution in [0.5, 0.6) is 0 Å². The number of rotatable bonds is 11.